The van der Waals surface area contributed by atoms with Gasteiger partial charge in [0.2, 0.25) is 0 Å². The third kappa shape index (κ3) is 2.58. The van der Waals surface area contributed by atoms with Crippen molar-refractivity contribution >= 4 is 10.9 Å². The average Bonchev–Trinajstić information content (AvgIpc) is 2.48. The predicted octanol–water partition coefficient (Wildman–Crippen LogP) is 1.96. The fraction of sp³-hybridized carbons (Fsp3) is 0.333. The smallest absolute Gasteiger partial charge is 0.122 e. The second-order valence-corrected chi connectivity index (χ2v) is 4.72. The van der Waals surface area contributed by atoms with Crippen LogP contribution in [0.4, 0.5) is 0 Å². The number of benzene rings is 1. The molecule has 96 valence electrons. The van der Waals surface area contributed by atoms with E-state index in [1.54, 1.807) is 6.20 Å². The fourth-order valence-corrected chi connectivity index (χ4v) is 2.40. The zero-order chi connectivity index (χ0) is 13.1. The molecule has 0 saturated carbocycles. The maximum Gasteiger partial charge on any atom is 0.122 e. The molecule has 4 heteroatoms. The molecule has 1 aromatic carbocycles. The van der Waals surface area contributed by atoms with Crippen molar-refractivity contribution in [2.45, 2.75) is 12.6 Å². The minimum Gasteiger partial charge on any atom is -0.377 e. The molecule has 19 heavy (non-hydrogen) atoms. The van der Waals surface area contributed by atoms with E-state index in [0.29, 0.717) is 13.2 Å². The number of pyridine rings is 1. The summed E-state index contributed by atoms with van der Waals surface area (Å²) in [7, 11) is 0. The highest BCUT2D eigenvalue weighted by Gasteiger charge is 2.22. The van der Waals surface area contributed by atoms with Gasteiger partial charge in [-0.15, -0.1) is 0 Å². The molecule has 0 bridgehead atoms. The molecule has 0 amide bonds. The highest BCUT2D eigenvalue weighted by molar-refractivity contribution is 5.78. The normalized spacial score (nSPS) is 20.3. The summed E-state index contributed by atoms with van der Waals surface area (Å²) in [5, 5.41) is 10.3. The predicted molar refractivity (Wildman–Crippen MR) is 72.4 cm³/mol. The number of fused-ring (bicyclic) bond motifs is 1. The minimum atomic E-state index is -0.140. The van der Waals surface area contributed by atoms with Crippen LogP contribution in [0.25, 0.3) is 10.9 Å². The molecule has 1 fully saturated rings. The van der Waals surface area contributed by atoms with Crippen LogP contribution in [-0.2, 0) is 11.3 Å². The lowest BCUT2D eigenvalue weighted by Crippen LogP contribution is -2.43. The van der Waals surface area contributed by atoms with Crippen molar-refractivity contribution in [2.75, 3.05) is 19.8 Å². The molecular weight excluding hydrogens is 238 g/mol. The number of hydrogen-bond donors (Lipinski definition) is 0. The van der Waals surface area contributed by atoms with E-state index in [4.69, 9.17) is 10.00 Å². The zero-order valence-electron chi connectivity index (χ0n) is 10.6. The van der Waals surface area contributed by atoms with Crippen molar-refractivity contribution in [3.63, 3.8) is 0 Å². The number of rotatable bonds is 2. The Kier molecular flexibility index (Phi) is 3.41. The first-order chi connectivity index (χ1) is 9.36. The molecular formula is C15H15N3O. The summed E-state index contributed by atoms with van der Waals surface area (Å²) in [6, 6.07) is 12.4. The van der Waals surface area contributed by atoms with E-state index < -0.39 is 0 Å². The number of morpholine rings is 1. The fourth-order valence-electron chi connectivity index (χ4n) is 2.40. The molecule has 1 atom stereocenters. The van der Waals surface area contributed by atoms with Gasteiger partial charge in [0.25, 0.3) is 0 Å². The van der Waals surface area contributed by atoms with Crippen molar-refractivity contribution in [3.8, 4) is 6.07 Å². The average molecular weight is 253 g/mol. The third-order valence-electron chi connectivity index (χ3n) is 3.44. The van der Waals surface area contributed by atoms with Gasteiger partial charge in [-0.1, -0.05) is 12.1 Å². The van der Waals surface area contributed by atoms with Gasteiger partial charge in [-0.25, -0.2) is 0 Å². The van der Waals surface area contributed by atoms with Gasteiger partial charge in [0, 0.05) is 24.7 Å². The van der Waals surface area contributed by atoms with Crippen LogP contribution in [0.15, 0.2) is 36.5 Å². The molecule has 1 aliphatic rings. The molecule has 1 aliphatic heterocycles. The first-order valence-corrected chi connectivity index (χ1v) is 6.42. The molecule has 0 spiro atoms. The maximum absolute atomic E-state index is 9.13. The lowest BCUT2D eigenvalue weighted by atomic mass is 10.1. The van der Waals surface area contributed by atoms with E-state index in [9.17, 15) is 0 Å². The highest BCUT2D eigenvalue weighted by atomic mass is 16.5. The second-order valence-electron chi connectivity index (χ2n) is 4.72. The Morgan fingerprint density at radius 3 is 3.26 bits per heavy atom. The maximum atomic E-state index is 9.13. The van der Waals surface area contributed by atoms with Crippen LogP contribution in [-0.4, -0.2) is 35.7 Å². The Hall–Kier alpha value is -1.96. The highest BCUT2D eigenvalue weighted by Crippen LogP contribution is 2.17. The van der Waals surface area contributed by atoms with Crippen molar-refractivity contribution in [1.82, 2.24) is 9.88 Å². The molecule has 0 aliphatic carbocycles. The van der Waals surface area contributed by atoms with Crippen molar-refractivity contribution in [1.29, 1.82) is 5.26 Å². The summed E-state index contributed by atoms with van der Waals surface area (Å²) in [5.41, 5.74) is 2.22. The van der Waals surface area contributed by atoms with E-state index in [0.717, 1.165) is 24.0 Å². The summed E-state index contributed by atoms with van der Waals surface area (Å²) >= 11 is 0. The van der Waals surface area contributed by atoms with Crippen LogP contribution in [0.1, 0.15) is 5.56 Å². The van der Waals surface area contributed by atoms with Crippen LogP contribution < -0.4 is 0 Å². The summed E-state index contributed by atoms with van der Waals surface area (Å²) in [5.74, 6) is 0. The molecule has 2 aromatic rings. The van der Waals surface area contributed by atoms with Crippen LogP contribution in [0, 0.1) is 11.3 Å². The van der Waals surface area contributed by atoms with Crippen LogP contribution >= 0.6 is 0 Å². The number of ether oxygens (including phenoxy) is 1. The van der Waals surface area contributed by atoms with Gasteiger partial charge in [-0.2, -0.15) is 5.26 Å². The van der Waals surface area contributed by atoms with E-state index in [2.05, 4.69) is 34.2 Å². The number of nitriles is 1. The zero-order valence-corrected chi connectivity index (χ0v) is 10.6. The number of nitrogens with zero attached hydrogens (tertiary/aromatic N) is 3. The summed E-state index contributed by atoms with van der Waals surface area (Å²) in [4.78, 5) is 6.48. The summed E-state index contributed by atoms with van der Waals surface area (Å²) in [6.45, 7) is 2.80. The van der Waals surface area contributed by atoms with E-state index in [1.165, 1.54) is 5.56 Å². The Labute approximate surface area is 112 Å². The Morgan fingerprint density at radius 2 is 2.37 bits per heavy atom. The summed E-state index contributed by atoms with van der Waals surface area (Å²) in [6.07, 6.45) is 1.80. The topological polar surface area (TPSA) is 49.1 Å². The third-order valence-corrected chi connectivity index (χ3v) is 3.44. The largest absolute Gasteiger partial charge is 0.377 e. The SMILES string of the molecule is N#C[C@H]1COCCN1Cc1ccc2ncccc2c1. The Bertz CT molecular complexity index is 620. The molecule has 1 aromatic heterocycles. The first-order valence-electron chi connectivity index (χ1n) is 6.42. The molecule has 4 nitrogen and oxygen atoms in total. The number of hydrogen-bond acceptors (Lipinski definition) is 4. The van der Waals surface area contributed by atoms with Gasteiger partial charge in [-0.3, -0.25) is 9.88 Å². The van der Waals surface area contributed by atoms with E-state index in [-0.39, 0.29) is 6.04 Å². The molecule has 0 radical (unpaired) electrons. The lowest BCUT2D eigenvalue weighted by Gasteiger charge is -2.31. The van der Waals surface area contributed by atoms with Crippen LogP contribution in [0.5, 0.6) is 0 Å². The van der Waals surface area contributed by atoms with Crippen molar-refractivity contribution in [3.05, 3.63) is 42.1 Å². The molecule has 0 unspecified atom stereocenters. The lowest BCUT2D eigenvalue weighted by molar-refractivity contribution is 0.00891. The van der Waals surface area contributed by atoms with E-state index >= 15 is 0 Å². The Balaban J connectivity index is 1.82. The van der Waals surface area contributed by atoms with Crippen LogP contribution in [0.3, 0.4) is 0 Å². The molecule has 0 N–H and O–H groups in total. The molecule has 1 saturated heterocycles. The quantitative estimate of drug-likeness (QED) is 0.821. The van der Waals surface area contributed by atoms with Gasteiger partial charge in [0.15, 0.2) is 0 Å². The molecule has 2 heterocycles. The van der Waals surface area contributed by atoms with Crippen LogP contribution in [0.2, 0.25) is 0 Å². The minimum absolute atomic E-state index is 0.140. The van der Waals surface area contributed by atoms with Gasteiger partial charge >= 0.3 is 0 Å². The standard InChI is InChI=1S/C15H15N3O/c16-9-14-11-19-7-6-18(14)10-12-3-4-15-13(8-12)2-1-5-17-15/h1-5,8,14H,6-7,10-11H2/t14-/m0/s1. The van der Waals surface area contributed by atoms with E-state index in [1.807, 2.05) is 12.1 Å². The molecule has 3 rings (SSSR count). The van der Waals surface area contributed by atoms with Crippen molar-refractivity contribution in [2.24, 2.45) is 0 Å². The number of aromatic nitrogens is 1. The monoisotopic (exact) mass is 253 g/mol. The Morgan fingerprint density at radius 1 is 1.42 bits per heavy atom. The van der Waals surface area contributed by atoms with Gasteiger partial charge in [0.05, 0.1) is 24.8 Å². The summed E-state index contributed by atoms with van der Waals surface area (Å²) < 4.78 is 5.34. The first kappa shape index (κ1) is 12.1. The van der Waals surface area contributed by atoms with Gasteiger partial charge in [0.1, 0.15) is 6.04 Å². The van der Waals surface area contributed by atoms with Gasteiger partial charge < -0.3 is 4.74 Å². The van der Waals surface area contributed by atoms with Gasteiger partial charge in [-0.05, 0) is 23.8 Å². The second kappa shape index (κ2) is 5.35. The van der Waals surface area contributed by atoms with Crippen molar-refractivity contribution < 1.29 is 4.74 Å².